The second kappa shape index (κ2) is 8.54. The molecule has 3 aromatic rings. The lowest BCUT2D eigenvalue weighted by Crippen LogP contribution is -2.28. The van der Waals surface area contributed by atoms with Gasteiger partial charge in [0.1, 0.15) is 5.37 Å². The molecule has 1 atom stereocenters. The molecule has 0 radical (unpaired) electrons. The van der Waals surface area contributed by atoms with Gasteiger partial charge in [0.15, 0.2) is 0 Å². The maximum atomic E-state index is 12.7. The Labute approximate surface area is 185 Å². The number of carbonyl (C=O) groups excluding carboxylic acids is 2. The minimum Gasteiger partial charge on any atom is -0.322 e. The first kappa shape index (κ1) is 20.5. The zero-order valence-electron chi connectivity index (χ0n) is 16.7. The van der Waals surface area contributed by atoms with Crippen molar-refractivity contribution in [1.82, 2.24) is 0 Å². The highest BCUT2D eigenvalue weighted by Crippen LogP contribution is 2.43. The predicted octanol–water partition coefficient (Wildman–Crippen LogP) is 5.99. The van der Waals surface area contributed by atoms with Gasteiger partial charge in [-0.05, 0) is 60.9 Å². The van der Waals surface area contributed by atoms with Gasteiger partial charge in [-0.1, -0.05) is 48.0 Å². The highest BCUT2D eigenvalue weighted by Gasteiger charge is 2.34. The first-order valence-corrected chi connectivity index (χ1v) is 11.0. The number of carbonyl (C=O) groups is 2. The molecule has 0 unspecified atom stereocenters. The second-order valence-electron chi connectivity index (χ2n) is 7.20. The van der Waals surface area contributed by atoms with Crippen LogP contribution in [0.5, 0.6) is 0 Å². The molecule has 4 rings (SSSR count). The van der Waals surface area contributed by atoms with E-state index in [4.69, 9.17) is 11.6 Å². The molecule has 1 aliphatic rings. The molecular weight excluding hydrogens is 416 g/mol. The van der Waals surface area contributed by atoms with Crippen LogP contribution in [0.25, 0.3) is 0 Å². The van der Waals surface area contributed by atoms with Crippen LogP contribution in [0, 0.1) is 13.8 Å². The number of amides is 2. The number of halogens is 1. The normalized spacial score (nSPS) is 16.0. The van der Waals surface area contributed by atoms with Crippen molar-refractivity contribution >= 4 is 46.6 Å². The molecule has 6 heteroatoms. The minimum atomic E-state index is -0.254. The number of thioether (sulfide) groups is 1. The fourth-order valence-electron chi connectivity index (χ4n) is 3.50. The Morgan fingerprint density at radius 2 is 1.77 bits per heavy atom. The third kappa shape index (κ3) is 3.95. The van der Waals surface area contributed by atoms with E-state index in [1.54, 1.807) is 36.0 Å². The SMILES string of the molecule is Cc1cccc(N2C(=O)CS[C@H]2c2ccc(NC(=O)c3ccccc3Cl)cc2)c1C. The Morgan fingerprint density at radius 3 is 2.50 bits per heavy atom. The summed E-state index contributed by atoms with van der Waals surface area (Å²) in [5.74, 6) is 0.300. The molecule has 2 amide bonds. The number of aryl methyl sites for hydroxylation is 1. The maximum Gasteiger partial charge on any atom is 0.257 e. The molecule has 152 valence electrons. The lowest BCUT2D eigenvalue weighted by atomic mass is 10.1. The maximum absolute atomic E-state index is 12.7. The number of hydrogen-bond donors (Lipinski definition) is 1. The standard InChI is InChI=1S/C24H21ClN2O2S/c1-15-6-5-9-21(16(15)2)27-22(28)14-30-24(27)17-10-12-18(13-11-17)26-23(29)19-7-3-4-8-20(19)25/h3-13,24H,14H2,1-2H3,(H,26,29)/t24-/m0/s1. The summed E-state index contributed by atoms with van der Waals surface area (Å²) in [5, 5.41) is 3.20. The molecule has 0 saturated carbocycles. The number of anilines is 2. The molecule has 30 heavy (non-hydrogen) atoms. The molecule has 1 fully saturated rings. The Balaban J connectivity index is 1.56. The molecule has 3 aromatic carbocycles. The van der Waals surface area contributed by atoms with Crippen molar-refractivity contribution in [3.8, 4) is 0 Å². The first-order valence-electron chi connectivity index (χ1n) is 9.61. The van der Waals surface area contributed by atoms with Gasteiger partial charge in [-0.2, -0.15) is 0 Å². The third-order valence-electron chi connectivity index (χ3n) is 5.28. The number of nitrogens with zero attached hydrogens (tertiary/aromatic N) is 1. The first-order chi connectivity index (χ1) is 14.5. The van der Waals surface area contributed by atoms with E-state index >= 15 is 0 Å². The van der Waals surface area contributed by atoms with Crippen molar-refractivity contribution in [3.63, 3.8) is 0 Å². The Bertz CT molecular complexity index is 1110. The van der Waals surface area contributed by atoms with Crippen molar-refractivity contribution < 1.29 is 9.59 Å². The highest BCUT2D eigenvalue weighted by atomic mass is 35.5. The lowest BCUT2D eigenvalue weighted by Gasteiger charge is -2.26. The average Bonchev–Trinajstić information content (AvgIpc) is 3.12. The monoisotopic (exact) mass is 436 g/mol. The molecule has 0 aromatic heterocycles. The van der Waals surface area contributed by atoms with E-state index in [2.05, 4.69) is 18.3 Å². The summed E-state index contributed by atoms with van der Waals surface area (Å²) in [6.45, 7) is 4.10. The summed E-state index contributed by atoms with van der Waals surface area (Å²) in [7, 11) is 0. The Hall–Kier alpha value is -2.76. The van der Waals surface area contributed by atoms with Crippen LogP contribution in [0.3, 0.4) is 0 Å². The molecule has 0 aliphatic carbocycles. The second-order valence-corrected chi connectivity index (χ2v) is 8.68. The van der Waals surface area contributed by atoms with Crippen molar-refractivity contribution in [2.45, 2.75) is 19.2 Å². The fourth-order valence-corrected chi connectivity index (χ4v) is 4.89. The molecule has 1 N–H and O–H groups in total. The number of rotatable bonds is 4. The van der Waals surface area contributed by atoms with Gasteiger partial charge in [-0.3, -0.25) is 14.5 Å². The average molecular weight is 437 g/mol. The molecule has 0 spiro atoms. The van der Waals surface area contributed by atoms with Crippen LogP contribution in [0.4, 0.5) is 11.4 Å². The van der Waals surface area contributed by atoms with E-state index in [-0.39, 0.29) is 17.2 Å². The molecule has 0 bridgehead atoms. The molecule has 1 aliphatic heterocycles. The van der Waals surface area contributed by atoms with Crippen LogP contribution in [0.2, 0.25) is 5.02 Å². The van der Waals surface area contributed by atoms with Gasteiger partial charge in [-0.25, -0.2) is 0 Å². The number of benzene rings is 3. The van der Waals surface area contributed by atoms with Crippen LogP contribution in [-0.4, -0.2) is 17.6 Å². The van der Waals surface area contributed by atoms with Gasteiger partial charge in [0, 0.05) is 11.4 Å². The smallest absolute Gasteiger partial charge is 0.257 e. The van der Waals surface area contributed by atoms with E-state index in [1.807, 2.05) is 48.2 Å². The molecule has 1 heterocycles. The van der Waals surface area contributed by atoms with Gasteiger partial charge in [-0.15, -0.1) is 11.8 Å². The van der Waals surface area contributed by atoms with Crippen molar-refractivity contribution in [2.75, 3.05) is 16.0 Å². The van der Waals surface area contributed by atoms with Crippen LogP contribution in [0.15, 0.2) is 66.7 Å². The number of nitrogens with one attached hydrogen (secondary N) is 1. The van der Waals surface area contributed by atoms with Gasteiger partial charge in [0.2, 0.25) is 5.91 Å². The van der Waals surface area contributed by atoms with E-state index in [1.165, 1.54) is 0 Å². The van der Waals surface area contributed by atoms with E-state index < -0.39 is 0 Å². The third-order valence-corrected chi connectivity index (χ3v) is 6.82. The van der Waals surface area contributed by atoms with Gasteiger partial charge >= 0.3 is 0 Å². The van der Waals surface area contributed by atoms with Crippen LogP contribution in [-0.2, 0) is 4.79 Å². The summed E-state index contributed by atoms with van der Waals surface area (Å²) in [6.07, 6.45) is 0. The largest absolute Gasteiger partial charge is 0.322 e. The van der Waals surface area contributed by atoms with Crippen molar-refractivity contribution in [3.05, 3.63) is 94.0 Å². The lowest BCUT2D eigenvalue weighted by molar-refractivity contribution is -0.115. The van der Waals surface area contributed by atoms with Crippen LogP contribution in [0.1, 0.15) is 32.4 Å². The summed E-state index contributed by atoms with van der Waals surface area (Å²) in [5.41, 5.74) is 5.35. The predicted molar refractivity (Wildman–Crippen MR) is 124 cm³/mol. The van der Waals surface area contributed by atoms with Crippen molar-refractivity contribution in [2.24, 2.45) is 0 Å². The number of hydrogen-bond acceptors (Lipinski definition) is 3. The summed E-state index contributed by atoms with van der Waals surface area (Å²) in [4.78, 5) is 27.0. The fraction of sp³-hybridized carbons (Fsp3) is 0.167. The van der Waals surface area contributed by atoms with E-state index in [0.717, 1.165) is 22.4 Å². The van der Waals surface area contributed by atoms with Gasteiger partial charge in [0.05, 0.1) is 16.3 Å². The zero-order chi connectivity index (χ0) is 21.3. The van der Waals surface area contributed by atoms with Crippen LogP contribution < -0.4 is 10.2 Å². The van der Waals surface area contributed by atoms with E-state index in [9.17, 15) is 9.59 Å². The van der Waals surface area contributed by atoms with Gasteiger partial charge in [0.25, 0.3) is 5.91 Å². The van der Waals surface area contributed by atoms with Crippen LogP contribution >= 0.6 is 23.4 Å². The van der Waals surface area contributed by atoms with E-state index in [0.29, 0.717) is 22.0 Å². The summed E-state index contributed by atoms with van der Waals surface area (Å²) in [6, 6.07) is 20.6. The Morgan fingerprint density at radius 1 is 1.03 bits per heavy atom. The molecule has 4 nitrogen and oxygen atoms in total. The molecular formula is C24H21ClN2O2S. The highest BCUT2D eigenvalue weighted by molar-refractivity contribution is 8.00. The van der Waals surface area contributed by atoms with Gasteiger partial charge < -0.3 is 5.32 Å². The molecule has 1 saturated heterocycles. The minimum absolute atomic E-state index is 0.0914. The summed E-state index contributed by atoms with van der Waals surface area (Å²) < 4.78 is 0. The Kier molecular flexibility index (Phi) is 5.84. The topological polar surface area (TPSA) is 49.4 Å². The van der Waals surface area contributed by atoms with Crippen molar-refractivity contribution in [1.29, 1.82) is 0 Å². The zero-order valence-corrected chi connectivity index (χ0v) is 18.3. The summed E-state index contributed by atoms with van der Waals surface area (Å²) >= 11 is 7.72. The quantitative estimate of drug-likeness (QED) is 0.546.